The van der Waals surface area contributed by atoms with Gasteiger partial charge in [0.2, 0.25) is 17.7 Å². The van der Waals surface area contributed by atoms with Gasteiger partial charge in [0, 0.05) is 12.1 Å². The summed E-state index contributed by atoms with van der Waals surface area (Å²) < 4.78 is 9.97. The van der Waals surface area contributed by atoms with Crippen LogP contribution in [0.1, 0.15) is 0 Å². The van der Waals surface area contributed by atoms with Crippen molar-refractivity contribution in [2.45, 2.75) is 0 Å². The van der Waals surface area contributed by atoms with Gasteiger partial charge in [-0.25, -0.2) is 4.98 Å². The molecule has 0 amide bonds. The van der Waals surface area contributed by atoms with Gasteiger partial charge in [0.1, 0.15) is 5.82 Å². The number of nitrogens with two attached hydrogens (primary N) is 1. The van der Waals surface area contributed by atoms with Crippen LogP contribution in [0.2, 0.25) is 0 Å². The fraction of sp³-hybridized carbons (Fsp3) is 0.182. The number of nitrogens with one attached hydrogen (secondary N) is 1. The summed E-state index contributed by atoms with van der Waals surface area (Å²) in [4.78, 5) is 12.0. The normalized spacial score (nSPS) is 9.89. The molecule has 3 N–H and O–H groups in total. The fourth-order valence-corrected chi connectivity index (χ4v) is 1.33. The number of aromatic nitrogens is 3. The number of pyridine rings is 1. The van der Waals surface area contributed by atoms with Gasteiger partial charge < -0.3 is 20.5 Å². The molecule has 18 heavy (non-hydrogen) atoms. The molecule has 0 aliphatic heterocycles. The van der Waals surface area contributed by atoms with Crippen LogP contribution in [-0.4, -0.2) is 29.2 Å². The van der Waals surface area contributed by atoms with Gasteiger partial charge in [-0.05, 0) is 6.07 Å². The van der Waals surface area contributed by atoms with Crippen molar-refractivity contribution in [2.24, 2.45) is 0 Å². The standard InChI is InChI=1S/C11H13N5O2/c1-17-9-4-3-7(6-13-9)14-8-5-10(18-2)16-11(12)15-8/h3-6H,1-2H3,(H3,12,14,15,16). The summed E-state index contributed by atoms with van der Waals surface area (Å²) in [6, 6.07) is 5.20. The van der Waals surface area contributed by atoms with E-state index in [1.807, 2.05) is 6.07 Å². The Labute approximate surface area is 104 Å². The summed E-state index contributed by atoms with van der Waals surface area (Å²) in [7, 11) is 3.08. The van der Waals surface area contributed by atoms with Crippen molar-refractivity contribution >= 4 is 17.5 Å². The molecular weight excluding hydrogens is 234 g/mol. The Balaban J connectivity index is 2.19. The number of methoxy groups -OCH3 is 2. The van der Waals surface area contributed by atoms with E-state index in [0.717, 1.165) is 5.69 Å². The highest BCUT2D eigenvalue weighted by Gasteiger charge is 2.03. The molecule has 0 fully saturated rings. The zero-order valence-corrected chi connectivity index (χ0v) is 10.0. The molecule has 0 spiro atoms. The molecule has 94 valence electrons. The molecule has 2 aromatic rings. The number of anilines is 3. The predicted molar refractivity (Wildman–Crippen MR) is 67.1 cm³/mol. The second kappa shape index (κ2) is 5.17. The van der Waals surface area contributed by atoms with E-state index in [0.29, 0.717) is 17.6 Å². The first kappa shape index (κ1) is 11.9. The van der Waals surface area contributed by atoms with Gasteiger partial charge in [0.25, 0.3) is 0 Å². The van der Waals surface area contributed by atoms with Crippen LogP contribution in [0.3, 0.4) is 0 Å². The van der Waals surface area contributed by atoms with Crippen LogP contribution in [0.5, 0.6) is 11.8 Å². The third-order valence-electron chi connectivity index (χ3n) is 2.15. The molecule has 0 aliphatic rings. The molecule has 0 atom stereocenters. The topological polar surface area (TPSA) is 95.2 Å². The lowest BCUT2D eigenvalue weighted by atomic mass is 10.4. The third kappa shape index (κ3) is 2.76. The van der Waals surface area contributed by atoms with Gasteiger partial charge in [-0.2, -0.15) is 9.97 Å². The minimum absolute atomic E-state index is 0.137. The van der Waals surface area contributed by atoms with Gasteiger partial charge >= 0.3 is 0 Å². The lowest BCUT2D eigenvalue weighted by molar-refractivity contribution is 0.397. The maximum atomic E-state index is 5.56. The molecule has 0 aromatic carbocycles. The van der Waals surface area contributed by atoms with Crippen LogP contribution in [0.25, 0.3) is 0 Å². The molecular formula is C11H13N5O2. The summed E-state index contributed by atoms with van der Waals surface area (Å²) in [5, 5.41) is 3.04. The van der Waals surface area contributed by atoms with Gasteiger partial charge in [-0.1, -0.05) is 0 Å². The lowest BCUT2D eigenvalue weighted by Crippen LogP contribution is -2.02. The average Bonchev–Trinajstić information content (AvgIpc) is 2.39. The first-order valence-electron chi connectivity index (χ1n) is 5.17. The largest absolute Gasteiger partial charge is 0.481 e. The summed E-state index contributed by atoms with van der Waals surface area (Å²) >= 11 is 0. The van der Waals surface area contributed by atoms with Crippen molar-refractivity contribution in [2.75, 3.05) is 25.3 Å². The van der Waals surface area contributed by atoms with Gasteiger partial charge in [0.05, 0.1) is 26.1 Å². The predicted octanol–water partition coefficient (Wildman–Crippen LogP) is 1.21. The number of nitrogen functional groups attached to an aromatic ring is 1. The first-order chi connectivity index (χ1) is 8.71. The quantitative estimate of drug-likeness (QED) is 0.838. The number of hydrogen-bond acceptors (Lipinski definition) is 7. The maximum absolute atomic E-state index is 5.56. The molecule has 0 bridgehead atoms. The van der Waals surface area contributed by atoms with Gasteiger partial charge in [-0.3, -0.25) is 0 Å². The summed E-state index contributed by atoms with van der Waals surface area (Å²) in [5.74, 6) is 1.61. The Kier molecular flexibility index (Phi) is 3.42. The van der Waals surface area contributed by atoms with Crippen molar-refractivity contribution in [3.8, 4) is 11.8 Å². The Morgan fingerprint density at radius 1 is 1.11 bits per heavy atom. The number of ether oxygens (including phenoxy) is 2. The lowest BCUT2D eigenvalue weighted by Gasteiger charge is -2.07. The fourth-order valence-electron chi connectivity index (χ4n) is 1.33. The smallest absolute Gasteiger partial charge is 0.225 e. The molecule has 0 aliphatic carbocycles. The third-order valence-corrected chi connectivity index (χ3v) is 2.15. The molecule has 2 heterocycles. The van der Waals surface area contributed by atoms with E-state index in [-0.39, 0.29) is 5.95 Å². The van der Waals surface area contributed by atoms with E-state index in [1.165, 1.54) is 7.11 Å². The van der Waals surface area contributed by atoms with Crippen LogP contribution in [0.15, 0.2) is 24.4 Å². The molecule has 2 rings (SSSR count). The Hall–Kier alpha value is -2.57. The monoisotopic (exact) mass is 247 g/mol. The highest BCUT2D eigenvalue weighted by molar-refractivity contribution is 5.57. The van der Waals surface area contributed by atoms with Crippen LogP contribution in [-0.2, 0) is 0 Å². The highest BCUT2D eigenvalue weighted by atomic mass is 16.5. The van der Waals surface area contributed by atoms with Crippen molar-refractivity contribution in [3.05, 3.63) is 24.4 Å². The minimum Gasteiger partial charge on any atom is -0.481 e. The number of rotatable bonds is 4. The second-order valence-corrected chi connectivity index (χ2v) is 3.37. The Morgan fingerprint density at radius 3 is 2.50 bits per heavy atom. The second-order valence-electron chi connectivity index (χ2n) is 3.37. The Morgan fingerprint density at radius 2 is 1.89 bits per heavy atom. The van der Waals surface area contributed by atoms with E-state index in [1.54, 1.807) is 25.4 Å². The van der Waals surface area contributed by atoms with Crippen LogP contribution < -0.4 is 20.5 Å². The first-order valence-corrected chi connectivity index (χ1v) is 5.17. The summed E-state index contributed by atoms with van der Waals surface area (Å²) in [6.45, 7) is 0. The van der Waals surface area contributed by atoms with E-state index in [9.17, 15) is 0 Å². The van der Waals surface area contributed by atoms with E-state index < -0.39 is 0 Å². The van der Waals surface area contributed by atoms with Gasteiger partial charge in [-0.15, -0.1) is 0 Å². The van der Waals surface area contributed by atoms with Crippen LogP contribution >= 0.6 is 0 Å². The number of nitrogens with zero attached hydrogens (tertiary/aromatic N) is 3. The van der Waals surface area contributed by atoms with Crippen LogP contribution in [0.4, 0.5) is 17.5 Å². The van der Waals surface area contributed by atoms with Gasteiger partial charge in [0.15, 0.2) is 0 Å². The van der Waals surface area contributed by atoms with Crippen LogP contribution in [0, 0.1) is 0 Å². The van der Waals surface area contributed by atoms with Crippen molar-refractivity contribution in [3.63, 3.8) is 0 Å². The van der Waals surface area contributed by atoms with Crippen molar-refractivity contribution in [1.82, 2.24) is 15.0 Å². The highest BCUT2D eigenvalue weighted by Crippen LogP contribution is 2.19. The molecule has 0 saturated heterocycles. The molecule has 2 aromatic heterocycles. The number of hydrogen-bond donors (Lipinski definition) is 2. The average molecular weight is 247 g/mol. The van der Waals surface area contributed by atoms with Crippen molar-refractivity contribution in [1.29, 1.82) is 0 Å². The van der Waals surface area contributed by atoms with E-state index in [4.69, 9.17) is 15.2 Å². The molecule has 0 saturated carbocycles. The molecule has 0 unspecified atom stereocenters. The minimum atomic E-state index is 0.137. The maximum Gasteiger partial charge on any atom is 0.225 e. The molecule has 7 heteroatoms. The van der Waals surface area contributed by atoms with E-state index >= 15 is 0 Å². The zero-order chi connectivity index (χ0) is 13.0. The van der Waals surface area contributed by atoms with Crippen molar-refractivity contribution < 1.29 is 9.47 Å². The van der Waals surface area contributed by atoms with E-state index in [2.05, 4.69) is 20.3 Å². The summed E-state index contributed by atoms with van der Waals surface area (Å²) in [5.41, 5.74) is 6.32. The SMILES string of the molecule is COc1ccc(Nc2cc(OC)nc(N)n2)cn1. The Bertz CT molecular complexity index is 529. The molecule has 0 radical (unpaired) electrons. The zero-order valence-electron chi connectivity index (χ0n) is 10.0. The molecule has 7 nitrogen and oxygen atoms in total. The summed E-state index contributed by atoms with van der Waals surface area (Å²) in [6.07, 6.45) is 1.63.